The van der Waals surface area contributed by atoms with Gasteiger partial charge in [0.15, 0.2) is 5.65 Å². The minimum atomic E-state index is -3.64. The summed E-state index contributed by atoms with van der Waals surface area (Å²) in [4.78, 5) is 4.85. The van der Waals surface area contributed by atoms with Gasteiger partial charge in [0.2, 0.25) is 10.0 Å². The quantitative estimate of drug-likeness (QED) is 0.299. The fourth-order valence-corrected chi connectivity index (χ4v) is 5.60. The Hall–Kier alpha value is -1.98. The van der Waals surface area contributed by atoms with E-state index in [-0.39, 0.29) is 11.4 Å². The fourth-order valence-electron chi connectivity index (χ4n) is 2.99. The molecule has 0 aliphatic carbocycles. The van der Waals surface area contributed by atoms with E-state index in [9.17, 15) is 8.42 Å². The first kappa shape index (κ1) is 22.2. The highest BCUT2D eigenvalue weighted by Gasteiger charge is 2.17. The Morgan fingerprint density at radius 1 is 1.00 bits per heavy atom. The Labute approximate surface area is 201 Å². The van der Waals surface area contributed by atoms with Gasteiger partial charge in [0.1, 0.15) is 5.82 Å². The standard InChI is InChI=1S/C20H16Br2ClN5O2S/c21-14-6-2-4-8-18(14)31(29,30)26-10-9-24-19-11-17(13-5-1-3-7-16(13)23)27-20-15(22)12-25-28(19)20/h1-8,11-12,24,26H,9-10H2. The molecule has 160 valence electrons. The monoisotopic (exact) mass is 583 g/mol. The Kier molecular flexibility index (Phi) is 6.63. The fraction of sp³-hybridized carbons (Fsp3) is 0.100. The Bertz CT molecular complexity index is 1360. The Morgan fingerprint density at radius 2 is 1.74 bits per heavy atom. The SMILES string of the molecule is O=S(=O)(NCCNc1cc(-c2ccccc2Cl)nc2c(Br)cnn12)c1ccccc1Br. The normalized spacial score (nSPS) is 11.7. The maximum Gasteiger partial charge on any atom is 0.241 e. The number of hydrogen-bond acceptors (Lipinski definition) is 5. The number of benzene rings is 2. The molecule has 0 radical (unpaired) electrons. The maximum atomic E-state index is 12.5. The molecule has 0 spiro atoms. The molecule has 2 N–H and O–H groups in total. The van der Waals surface area contributed by atoms with Crippen LogP contribution in [0.15, 0.2) is 74.6 Å². The molecule has 0 aliphatic heterocycles. The zero-order valence-electron chi connectivity index (χ0n) is 15.9. The molecule has 0 unspecified atom stereocenters. The van der Waals surface area contributed by atoms with E-state index in [1.165, 1.54) is 0 Å². The highest BCUT2D eigenvalue weighted by Crippen LogP contribution is 2.30. The predicted octanol–water partition coefficient (Wildman–Crippen LogP) is 4.97. The van der Waals surface area contributed by atoms with Crippen LogP contribution in [-0.2, 0) is 10.0 Å². The van der Waals surface area contributed by atoms with E-state index >= 15 is 0 Å². The number of nitrogens with one attached hydrogen (secondary N) is 2. The molecule has 0 amide bonds. The van der Waals surface area contributed by atoms with Gasteiger partial charge in [-0.15, -0.1) is 0 Å². The van der Waals surface area contributed by atoms with Gasteiger partial charge in [-0.1, -0.05) is 41.9 Å². The van der Waals surface area contributed by atoms with E-state index in [1.54, 1.807) is 41.0 Å². The smallest absolute Gasteiger partial charge is 0.241 e. The summed E-state index contributed by atoms with van der Waals surface area (Å²) in [5.74, 6) is 0.658. The van der Waals surface area contributed by atoms with E-state index in [4.69, 9.17) is 11.6 Å². The summed E-state index contributed by atoms with van der Waals surface area (Å²) < 4.78 is 30.6. The van der Waals surface area contributed by atoms with Crippen LogP contribution in [0.5, 0.6) is 0 Å². The summed E-state index contributed by atoms with van der Waals surface area (Å²) in [5.41, 5.74) is 2.08. The first-order valence-electron chi connectivity index (χ1n) is 9.14. The molecular formula is C20H16Br2ClN5O2S. The highest BCUT2D eigenvalue weighted by atomic mass is 79.9. The first-order valence-corrected chi connectivity index (χ1v) is 12.6. The molecule has 2 heterocycles. The second-order valence-electron chi connectivity index (χ2n) is 6.49. The summed E-state index contributed by atoms with van der Waals surface area (Å²) >= 11 is 13.1. The number of rotatable bonds is 7. The lowest BCUT2D eigenvalue weighted by molar-refractivity contribution is 0.582. The predicted molar refractivity (Wildman–Crippen MR) is 129 cm³/mol. The van der Waals surface area contributed by atoms with Gasteiger partial charge in [-0.25, -0.2) is 18.1 Å². The van der Waals surface area contributed by atoms with Gasteiger partial charge in [0.05, 0.1) is 21.3 Å². The highest BCUT2D eigenvalue weighted by molar-refractivity contribution is 9.11. The lowest BCUT2D eigenvalue weighted by Gasteiger charge is -2.12. The van der Waals surface area contributed by atoms with Crippen LogP contribution in [0.4, 0.5) is 5.82 Å². The number of nitrogens with zero attached hydrogens (tertiary/aromatic N) is 3. The van der Waals surface area contributed by atoms with Crippen molar-refractivity contribution in [2.45, 2.75) is 4.90 Å². The van der Waals surface area contributed by atoms with Crippen LogP contribution in [0.1, 0.15) is 0 Å². The van der Waals surface area contributed by atoms with Crippen molar-refractivity contribution in [2.75, 3.05) is 18.4 Å². The van der Waals surface area contributed by atoms with Crippen LogP contribution in [0.3, 0.4) is 0 Å². The zero-order valence-corrected chi connectivity index (χ0v) is 20.6. The second kappa shape index (κ2) is 9.25. The van der Waals surface area contributed by atoms with E-state index in [0.717, 1.165) is 10.0 Å². The van der Waals surface area contributed by atoms with Gasteiger partial charge >= 0.3 is 0 Å². The van der Waals surface area contributed by atoms with Gasteiger partial charge in [0.25, 0.3) is 0 Å². The number of anilines is 1. The molecule has 4 rings (SSSR count). The van der Waals surface area contributed by atoms with Gasteiger partial charge in [-0.3, -0.25) is 0 Å². The molecule has 0 atom stereocenters. The summed E-state index contributed by atoms with van der Waals surface area (Å²) in [7, 11) is -3.64. The molecule has 0 saturated heterocycles. The number of hydrogen-bond donors (Lipinski definition) is 2. The van der Waals surface area contributed by atoms with E-state index in [2.05, 4.69) is 52.0 Å². The average Bonchev–Trinajstić information content (AvgIpc) is 3.12. The molecule has 31 heavy (non-hydrogen) atoms. The van der Waals surface area contributed by atoms with Crippen LogP contribution < -0.4 is 10.0 Å². The molecule has 4 aromatic rings. The minimum absolute atomic E-state index is 0.178. The van der Waals surface area contributed by atoms with E-state index < -0.39 is 10.0 Å². The summed E-state index contributed by atoms with van der Waals surface area (Å²) in [6, 6.07) is 15.9. The van der Waals surface area contributed by atoms with Gasteiger partial charge in [0, 0.05) is 34.2 Å². The minimum Gasteiger partial charge on any atom is -0.369 e. The Balaban J connectivity index is 1.55. The number of aromatic nitrogens is 3. The lowest BCUT2D eigenvalue weighted by Crippen LogP contribution is -2.29. The van der Waals surface area contributed by atoms with Crippen molar-refractivity contribution < 1.29 is 8.42 Å². The van der Waals surface area contributed by atoms with Crippen LogP contribution in [0.25, 0.3) is 16.9 Å². The van der Waals surface area contributed by atoms with Crippen molar-refractivity contribution in [3.63, 3.8) is 0 Å². The average molecular weight is 586 g/mol. The van der Waals surface area contributed by atoms with Crippen molar-refractivity contribution in [3.8, 4) is 11.3 Å². The summed E-state index contributed by atoms with van der Waals surface area (Å²) in [5, 5.41) is 8.14. The zero-order chi connectivity index (χ0) is 22.0. The number of sulfonamides is 1. The molecule has 0 bridgehead atoms. The summed E-state index contributed by atoms with van der Waals surface area (Å²) in [6.07, 6.45) is 1.65. The maximum absolute atomic E-state index is 12.5. The van der Waals surface area contributed by atoms with Crippen LogP contribution in [-0.4, -0.2) is 36.1 Å². The van der Waals surface area contributed by atoms with Crippen LogP contribution in [0, 0.1) is 0 Å². The third-order valence-corrected chi connectivity index (χ3v) is 7.79. The van der Waals surface area contributed by atoms with Crippen molar-refractivity contribution >= 4 is 64.9 Å². The third kappa shape index (κ3) is 4.78. The van der Waals surface area contributed by atoms with E-state index in [0.29, 0.717) is 33.2 Å². The van der Waals surface area contributed by atoms with Crippen LogP contribution >= 0.6 is 43.5 Å². The molecular weight excluding hydrogens is 570 g/mol. The topological polar surface area (TPSA) is 88.4 Å². The van der Waals surface area contributed by atoms with Crippen molar-refractivity contribution in [2.24, 2.45) is 0 Å². The molecule has 0 fully saturated rings. The molecule has 0 aliphatic rings. The van der Waals surface area contributed by atoms with Crippen molar-refractivity contribution in [1.29, 1.82) is 0 Å². The number of halogens is 3. The molecule has 7 nitrogen and oxygen atoms in total. The second-order valence-corrected chi connectivity index (χ2v) is 10.3. The van der Waals surface area contributed by atoms with E-state index in [1.807, 2.05) is 24.3 Å². The molecule has 2 aromatic carbocycles. The first-order chi connectivity index (χ1) is 14.9. The lowest BCUT2D eigenvalue weighted by atomic mass is 10.1. The molecule has 2 aromatic heterocycles. The summed E-state index contributed by atoms with van der Waals surface area (Å²) in [6.45, 7) is 0.513. The molecule has 0 saturated carbocycles. The largest absolute Gasteiger partial charge is 0.369 e. The molecule has 11 heteroatoms. The van der Waals surface area contributed by atoms with Crippen molar-refractivity contribution in [1.82, 2.24) is 19.3 Å². The van der Waals surface area contributed by atoms with Gasteiger partial charge < -0.3 is 5.32 Å². The van der Waals surface area contributed by atoms with Gasteiger partial charge in [-0.05, 0) is 50.1 Å². The Morgan fingerprint density at radius 3 is 2.52 bits per heavy atom. The number of fused-ring (bicyclic) bond motifs is 1. The van der Waals surface area contributed by atoms with Crippen molar-refractivity contribution in [3.05, 3.63) is 74.8 Å². The van der Waals surface area contributed by atoms with Crippen LogP contribution in [0.2, 0.25) is 5.02 Å². The van der Waals surface area contributed by atoms with Gasteiger partial charge in [-0.2, -0.15) is 9.61 Å². The third-order valence-electron chi connectivity index (χ3n) is 4.43.